The molecule has 1 aliphatic rings. The van der Waals surface area contributed by atoms with Crippen molar-refractivity contribution in [3.63, 3.8) is 0 Å². The SMILES string of the molecule is O=C(c1ccc(CS(=O)(=O)c2ccccc2)cc1)N1CCCN(c2nc3ccccc3[nH]2)CC1. The number of rotatable bonds is 5. The van der Waals surface area contributed by atoms with Crippen molar-refractivity contribution in [3.05, 3.63) is 90.0 Å². The molecule has 1 amide bonds. The molecule has 2 heterocycles. The Labute approximate surface area is 199 Å². The minimum Gasteiger partial charge on any atom is -0.341 e. The Morgan fingerprint density at radius 3 is 2.35 bits per heavy atom. The van der Waals surface area contributed by atoms with Crippen LogP contribution in [-0.2, 0) is 15.6 Å². The molecule has 34 heavy (non-hydrogen) atoms. The lowest BCUT2D eigenvalue weighted by Crippen LogP contribution is -2.35. The van der Waals surface area contributed by atoms with Crippen LogP contribution in [0.25, 0.3) is 11.0 Å². The summed E-state index contributed by atoms with van der Waals surface area (Å²) < 4.78 is 25.2. The highest BCUT2D eigenvalue weighted by molar-refractivity contribution is 7.90. The number of nitrogens with one attached hydrogen (secondary N) is 1. The van der Waals surface area contributed by atoms with Crippen molar-refractivity contribution in [2.24, 2.45) is 0 Å². The lowest BCUT2D eigenvalue weighted by atomic mass is 10.1. The van der Waals surface area contributed by atoms with Crippen molar-refractivity contribution in [2.75, 3.05) is 31.1 Å². The number of hydrogen-bond acceptors (Lipinski definition) is 5. The molecule has 3 aromatic carbocycles. The molecule has 1 aromatic heterocycles. The maximum atomic E-state index is 13.1. The van der Waals surface area contributed by atoms with Gasteiger partial charge in [0.2, 0.25) is 5.95 Å². The molecule has 1 N–H and O–H groups in total. The average Bonchev–Trinajstić information content (AvgIpc) is 3.14. The summed E-state index contributed by atoms with van der Waals surface area (Å²) >= 11 is 0. The van der Waals surface area contributed by atoms with Crippen LogP contribution in [-0.4, -0.2) is 55.4 Å². The van der Waals surface area contributed by atoms with Gasteiger partial charge in [-0.25, -0.2) is 13.4 Å². The number of fused-ring (bicyclic) bond motifs is 1. The molecular weight excluding hydrogens is 448 g/mol. The number of carbonyl (C=O) groups excluding carboxylic acids is 1. The maximum absolute atomic E-state index is 13.1. The molecule has 0 saturated carbocycles. The van der Waals surface area contributed by atoms with Crippen molar-refractivity contribution < 1.29 is 13.2 Å². The van der Waals surface area contributed by atoms with E-state index in [2.05, 4.69) is 14.9 Å². The Hall–Kier alpha value is -3.65. The molecule has 5 rings (SSSR count). The number of para-hydroxylation sites is 2. The van der Waals surface area contributed by atoms with Crippen LogP contribution < -0.4 is 4.90 Å². The fraction of sp³-hybridized carbons (Fsp3) is 0.231. The Morgan fingerprint density at radius 2 is 1.59 bits per heavy atom. The molecule has 8 heteroatoms. The van der Waals surface area contributed by atoms with Crippen LogP contribution in [0.4, 0.5) is 5.95 Å². The van der Waals surface area contributed by atoms with E-state index < -0.39 is 9.84 Å². The highest BCUT2D eigenvalue weighted by atomic mass is 32.2. The number of H-pyrrole nitrogens is 1. The van der Waals surface area contributed by atoms with Gasteiger partial charge in [0.05, 0.1) is 21.7 Å². The molecule has 1 fully saturated rings. The summed E-state index contributed by atoms with van der Waals surface area (Å²) in [5.74, 6) is 0.699. The molecule has 174 valence electrons. The van der Waals surface area contributed by atoms with Gasteiger partial charge in [-0.15, -0.1) is 0 Å². The fourth-order valence-electron chi connectivity index (χ4n) is 4.28. The van der Waals surface area contributed by atoms with Crippen molar-refractivity contribution in [3.8, 4) is 0 Å². The van der Waals surface area contributed by atoms with Crippen molar-refractivity contribution in [2.45, 2.75) is 17.1 Å². The summed E-state index contributed by atoms with van der Waals surface area (Å²) in [5, 5.41) is 0. The normalized spacial score (nSPS) is 14.8. The van der Waals surface area contributed by atoms with Gasteiger partial charge in [0.15, 0.2) is 9.84 Å². The zero-order valence-electron chi connectivity index (χ0n) is 18.7. The Kier molecular flexibility index (Phi) is 6.06. The van der Waals surface area contributed by atoms with E-state index in [9.17, 15) is 13.2 Å². The lowest BCUT2D eigenvalue weighted by molar-refractivity contribution is 0.0767. The molecule has 7 nitrogen and oxygen atoms in total. The van der Waals surface area contributed by atoms with Crippen LogP contribution in [0.1, 0.15) is 22.3 Å². The van der Waals surface area contributed by atoms with E-state index in [1.54, 1.807) is 54.6 Å². The van der Waals surface area contributed by atoms with Crippen LogP contribution in [0.2, 0.25) is 0 Å². The maximum Gasteiger partial charge on any atom is 0.253 e. The Morgan fingerprint density at radius 1 is 0.853 bits per heavy atom. The average molecular weight is 475 g/mol. The number of carbonyl (C=O) groups is 1. The van der Waals surface area contributed by atoms with Gasteiger partial charge < -0.3 is 14.8 Å². The number of anilines is 1. The van der Waals surface area contributed by atoms with Gasteiger partial charge in [0, 0.05) is 31.7 Å². The van der Waals surface area contributed by atoms with E-state index in [1.807, 2.05) is 29.2 Å². The minimum absolute atomic E-state index is 0.0380. The molecule has 0 bridgehead atoms. The third-order valence-corrected chi connectivity index (χ3v) is 7.82. The largest absolute Gasteiger partial charge is 0.341 e. The zero-order chi connectivity index (χ0) is 23.5. The van der Waals surface area contributed by atoms with E-state index in [1.165, 1.54) is 0 Å². The molecule has 1 aliphatic heterocycles. The van der Waals surface area contributed by atoms with Gasteiger partial charge in [0.1, 0.15) is 0 Å². The minimum atomic E-state index is -3.42. The zero-order valence-corrected chi connectivity index (χ0v) is 19.5. The summed E-state index contributed by atoms with van der Waals surface area (Å²) in [6.07, 6.45) is 0.843. The summed E-state index contributed by atoms with van der Waals surface area (Å²) in [6, 6.07) is 23.3. The number of amides is 1. The van der Waals surface area contributed by atoms with Gasteiger partial charge in [-0.2, -0.15) is 0 Å². The molecule has 0 spiro atoms. The first-order valence-corrected chi connectivity index (χ1v) is 13.0. The number of benzene rings is 3. The number of sulfone groups is 1. The smallest absolute Gasteiger partial charge is 0.253 e. The first kappa shape index (κ1) is 22.2. The van der Waals surface area contributed by atoms with Crippen LogP contribution >= 0.6 is 0 Å². The second-order valence-corrected chi connectivity index (χ2v) is 10.5. The Bertz CT molecular complexity index is 1370. The quantitative estimate of drug-likeness (QED) is 0.474. The first-order chi connectivity index (χ1) is 16.5. The van der Waals surface area contributed by atoms with E-state index in [0.29, 0.717) is 35.7 Å². The van der Waals surface area contributed by atoms with Crippen molar-refractivity contribution in [1.82, 2.24) is 14.9 Å². The van der Waals surface area contributed by atoms with Gasteiger partial charge >= 0.3 is 0 Å². The van der Waals surface area contributed by atoms with Crippen molar-refractivity contribution in [1.29, 1.82) is 0 Å². The first-order valence-electron chi connectivity index (χ1n) is 11.4. The summed E-state index contributed by atoms with van der Waals surface area (Å²) in [4.78, 5) is 25.5. The molecular formula is C26H26N4O3S. The van der Waals surface area contributed by atoms with Crippen LogP contribution in [0.15, 0.2) is 83.8 Å². The number of aromatic amines is 1. The molecule has 0 aliphatic carbocycles. The van der Waals surface area contributed by atoms with Gasteiger partial charge in [-0.1, -0.05) is 42.5 Å². The third kappa shape index (κ3) is 4.68. The molecule has 0 radical (unpaired) electrons. The van der Waals surface area contributed by atoms with Crippen LogP contribution in [0.3, 0.4) is 0 Å². The number of aromatic nitrogens is 2. The summed E-state index contributed by atoms with van der Waals surface area (Å²) in [6.45, 7) is 2.78. The van der Waals surface area contributed by atoms with Crippen molar-refractivity contribution >= 4 is 32.7 Å². The highest BCUT2D eigenvalue weighted by Crippen LogP contribution is 2.20. The summed E-state index contributed by atoms with van der Waals surface area (Å²) in [5.41, 5.74) is 3.17. The molecule has 0 atom stereocenters. The number of imidazole rings is 1. The van der Waals surface area contributed by atoms with Gasteiger partial charge in [-0.3, -0.25) is 4.79 Å². The predicted octanol–water partition coefficient (Wildman–Crippen LogP) is 3.89. The molecule has 4 aromatic rings. The fourth-order valence-corrected chi connectivity index (χ4v) is 5.65. The van der Waals surface area contributed by atoms with E-state index in [4.69, 9.17) is 0 Å². The van der Waals surface area contributed by atoms with Crippen LogP contribution in [0.5, 0.6) is 0 Å². The van der Waals surface area contributed by atoms with Gasteiger partial charge in [0.25, 0.3) is 5.91 Å². The topological polar surface area (TPSA) is 86.4 Å². The second kappa shape index (κ2) is 9.30. The predicted molar refractivity (Wildman–Crippen MR) is 133 cm³/mol. The second-order valence-electron chi connectivity index (χ2n) is 8.48. The monoisotopic (exact) mass is 474 g/mol. The highest BCUT2D eigenvalue weighted by Gasteiger charge is 2.22. The van der Waals surface area contributed by atoms with Gasteiger partial charge in [-0.05, 0) is 48.4 Å². The summed E-state index contributed by atoms with van der Waals surface area (Å²) in [7, 11) is -3.42. The Balaban J connectivity index is 1.24. The van der Waals surface area contributed by atoms with E-state index >= 15 is 0 Å². The standard InChI is InChI=1S/C26H26N4O3S/c31-25(21-13-11-20(12-14-21)19-34(32,33)22-7-2-1-3-8-22)29-15-6-16-30(18-17-29)26-27-23-9-4-5-10-24(23)28-26/h1-5,7-14H,6,15-19H2,(H,27,28). The van der Waals surface area contributed by atoms with E-state index in [-0.39, 0.29) is 11.7 Å². The molecule has 1 saturated heterocycles. The van der Waals surface area contributed by atoms with Crippen LogP contribution in [0, 0.1) is 0 Å². The lowest BCUT2D eigenvalue weighted by Gasteiger charge is -2.22. The molecule has 0 unspecified atom stereocenters. The van der Waals surface area contributed by atoms with E-state index in [0.717, 1.165) is 29.9 Å². The number of hydrogen-bond donors (Lipinski definition) is 1. The number of nitrogens with zero attached hydrogens (tertiary/aromatic N) is 3. The third-order valence-electron chi connectivity index (χ3n) is 6.12.